The highest BCUT2D eigenvalue weighted by Crippen LogP contribution is 2.35. The number of thioether (sulfide) groups is 1. The van der Waals surface area contributed by atoms with Gasteiger partial charge < -0.3 is 19.8 Å². The number of thiophene rings is 1. The predicted molar refractivity (Wildman–Crippen MR) is 142 cm³/mol. The van der Waals surface area contributed by atoms with E-state index in [-0.39, 0.29) is 6.42 Å². The van der Waals surface area contributed by atoms with Gasteiger partial charge in [0.25, 0.3) is 0 Å². The topological polar surface area (TPSA) is 82.9 Å². The van der Waals surface area contributed by atoms with Gasteiger partial charge in [0.2, 0.25) is 5.88 Å². The largest absolute Gasteiger partial charge is 0.481 e. The second-order valence-corrected chi connectivity index (χ2v) is 11.5. The molecule has 0 unspecified atom stereocenters. The van der Waals surface area contributed by atoms with Crippen LogP contribution in [0.3, 0.4) is 0 Å². The van der Waals surface area contributed by atoms with Gasteiger partial charge in [0.1, 0.15) is 0 Å². The maximum absolute atomic E-state index is 11.3. The third-order valence-corrected chi connectivity index (χ3v) is 9.07. The maximum Gasteiger partial charge on any atom is 0.303 e. The Hall–Kier alpha value is -2.13. The van der Waals surface area contributed by atoms with Gasteiger partial charge in [0.05, 0.1) is 22.9 Å². The smallest absolute Gasteiger partial charge is 0.303 e. The van der Waals surface area contributed by atoms with Crippen LogP contribution in [0.5, 0.6) is 5.88 Å². The van der Waals surface area contributed by atoms with E-state index >= 15 is 0 Å². The van der Waals surface area contributed by atoms with Crippen LogP contribution in [0.15, 0.2) is 52.1 Å². The first kappa shape index (κ1) is 25.9. The lowest BCUT2D eigenvalue weighted by atomic mass is 9.79. The number of piperidine rings is 1. The number of aliphatic carboxylic acids is 1. The van der Waals surface area contributed by atoms with Crippen LogP contribution in [-0.4, -0.2) is 58.6 Å². The van der Waals surface area contributed by atoms with E-state index in [0.717, 1.165) is 54.7 Å². The summed E-state index contributed by atoms with van der Waals surface area (Å²) in [5.41, 5.74) is 1.60. The third-order valence-electron chi connectivity index (χ3n) is 6.96. The summed E-state index contributed by atoms with van der Waals surface area (Å²) in [7, 11) is 1.59. The fraction of sp³-hybridized carbons (Fsp3) is 0.481. The van der Waals surface area contributed by atoms with Crippen LogP contribution in [0.1, 0.15) is 43.8 Å². The molecule has 1 aliphatic rings. The molecule has 188 valence electrons. The molecule has 6 nitrogen and oxygen atoms in total. The number of carbonyl (C=O) groups is 1. The van der Waals surface area contributed by atoms with Crippen LogP contribution < -0.4 is 4.74 Å². The normalized spacial score (nSPS) is 19.6. The van der Waals surface area contributed by atoms with E-state index in [1.54, 1.807) is 18.4 Å². The van der Waals surface area contributed by atoms with Crippen molar-refractivity contribution in [1.82, 2.24) is 9.88 Å². The summed E-state index contributed by atoms with van der Waals surface area (Å²) in [6.45, 7) is 2.99. The number of ether oxygens (including phenoxy) is 1. The summed E-state index contributed by atoms with van der Waals surface area (Å²) in [5, 5.41) is 23.5. The minimum atomic E-state index is -0.732. The number of pyridine rings is 1. The third kappa shape index (κ3) is 7.19. The minimum absolute atomic E-state index is 0.203. The summed E-state index contributed by atoms with van der Waals surface area (Å²) < 4.78 is 6.63. The second kappa shape index (κ2) is 12.7. The van der Waals surface area contributed by atoms with Crippen molar-refractivity contribution in [3.05, 3.63) is 53.4 Å². The van der Waals surface area contributed by atoms with Crippen molar-refractivity contribution in [2.24, 2.45) is 11.8 Å². The van der Waals surface area contributed by atoms with Crippen LogP contribution in [0, 0.1) is 11.8 Å². The summed E-state index contributed by atoms with van der Waals surface area (Å²) in [5.74, 6) is 1.61. The van der Waals surface area contributed by atoms with Crippen molar-refractivity contribution in [2.45, 2.75) is 42.4 Å². The molecule has 8 heteroatoms. The summed E-state index contributed by atoms with van der Waals surface area (Å²) in [6, 6.07) is 13.9. The monoisotopic (exact) mass is 514 g/mol. The van der Waals surface area contributed by atoms with E-state index in [2.05, 4.69) is 27.4 Å². The average Bonchev–Trinajstić information content (AvgIpc) is 3.39. The first-order valence-electron chi connectivity index (χ1n) is 12.3. The Morgan fingerprint density at radius 3 is 2.89 bits per heavy atom. The molecule has 1 aliphatic heterocycles. The molecule has 3 heterocycles. The number of benzene rings is 1. The molecular formula is C27H34N2O4S2. The van der Waals surface area contributed by atoms with Crippen LogP contribution in [0.4, 0.5) is 0 Å². The van der Waals surface area contributed by atoms with E-state index in [1.165, 1.54) is 4.21 Å². The van der Waals surface area contributed by atoms with Gasteiger partial charge in [0, 0.05) is 42.3 Å². The average molecular weight is 515 g/mol. The Labute approximate surface area is 215 Å². The molecular weight excluding hydrogens is 480 g/mol. The zero-order valence-corrected chi connectivity index (χ0v) is 21.8. The molecule has 4 rings (SSSR count). The van der Waals surface area contributed by atoms with Crippen molar-refractivity contribution in [3.8, 4) is 5.88 Å². The van der Waals surface area contributed by atoms with Gasteiger partial charge in [-0.25, -0.2) is 4.98 Å². The van der Waals surface area contributed by atoms with Crippen LogP contribution in [0.25, 0.3) is 10.9 Å². The lowest BCUT2D eigenvalue weighted by Crippen LogP contribution is -2.41. The van der Waals surface area contributed by atoms with Gasteiger partial charge in [0.15, 0.2) is 0 Å². The first-order chi connectivity index (χ1) is 17.0. The molecule has 0 amide bonds. The molecule has 3 atom stereocenters. The van der Waals surface area contributed by atoms with Gasteiger partial charge in [-0.05, 0) is 61.6 Å². The SMILES string of the molecule is COc1ccc2cccc([C@@H](O)CC[C@H]3CCN(CCSc4cccs4)C[C@@H]3CCC(=O)O)c2n1. The van der Waals surface area contributed by atoms with Gasteiger partial charge in [-0.1, -0.05) is 24.3 Å². The number of nitrogens with zero attached hydrogens (tertiary/aromatic N) is 2. The van der Waals surface area contributed by atoms with Gasteiger partial charge in [-0.2, -0.15) is 0 Å². The number of carboxylic acid groups (broad SMARTS) is 1. The maximum atomic E-state index is 11.3. The molecule has 0 aliphatic carbocycles. The number of aliphatic hydroxyl groups is 1. The van der Waals surface area contributed by atoms with Crippen molar-refractivity contribution in [3.63, 3.8) is 0 Å². The molecule has 1 aromatic carbocycles. The second-order valence-electron chi connectivity index (χ2n) is 9.19. The highest BCUT2D eigenvalue weighted by atomic mass is 32.2. The van der Waals surface area contributed by atoms with Crippen molar-refractivity contribution in [1.29, 1.82) is 0 Å². The molecule has 2 aromatic heterocycles. The quantitative estimate of drug-likeness (QED) is 0.299. The Kier molecular flexibility index (Phi) is 9.43. The molecule has 0 bridgehead atoms. The Balaban J connectivity index is 1.36. The highest BCUT2D eigenvalue weighted by Gasteiger charge is 2.30. The van der Waals surface area contributed by atoms with Crippen LogP contribution in [0.2, 0.25) is 0 Å². The molecule has 1 saturated heterocycles. The summed E-state index contributed by atoms with van der Waals surface area (Å²) >= 11 is 3.67. The lowest BCUT2D eigenvalue weighted by molar-refractivity contribution is -0.137. The number of hydrogen-bond acceptors (Lipinski definition) is 7. The van der Waals surface area contributed by atoms with Gasteiger partial charge in [-0.15, -0.1) is 23.1 Å². The molecule has 0 radical (unpaired) electrons. The number of likely N-dealkylation sites (tertiary alicyclic amines) is 1. The standard InChI is InChI=1S/C27H34N2O4S2/c1-33-24-11-8-20-4-2-5-22(27(20)28-24)23(30)10-7-19-13-14-29(18-21(19)9-12-25(31)32)15-17-35-26-6-3-16-34-26/h2-6,8,11,16,19,21,23,30H,7,9-10,12-15,17-18H2,1H3,(H,31,32)/t19-,21-,23-/m0/s1. The first-order valence-corrected chi connectivity index (χ1v) is 14.1. The number of fused-ring (bicyclic) bond motifs is 1. The van der Waals surface area contributed by atoms with Crippen molar-refractivity contribution < 1.29 is 19.7 Å². The molecule has 3 aromatic rings. The lowest BCUT2D eigenvalue weighted by Gasteiger charge is -2.39. The Morgan fingerprint density at radius 1 is 1.23 bits per heavy atom. The van der Waals surface area contributed by atoms with Crippen LogP contribution in [-0.2, 0) is 4.79 Å². The number of aliphatic hydroxyl groups excluding tert-OH is 1. The van der Waals surface area contributed by atoms with Crippen LogP contribution >= 0.6 is 23.1 Å². The van der Waals surface area contributed by atoms with Crippen molar-refractivity contribution >= 4 is 40.0 Å². The Bertz CT molecular complexity index is 1090. The fourth-order valence-electron chi connectivity index (χ4n) is 5.06. The van der Waals surface area contributed by atoms with Crippen molar-refractivity contribution in [2.75, 3.05) is 32.5 Å². The van der Waals surface area contributed by atoms with E-state index in [4.69, 9.17) is 4.74 Å². The number of rotatable bonds is 12. The Morgan fingerprint density at radius 2 is 2.11 bits per heavy atom. The number of hydrogen-bond donors (Lipinski definition) is 2. The zero-order valence-electron chi connectivity index (χ0n) is 20.1. The minimum Gasteiger partial charge on any atom is -0.481 e. The number of aromatic nitrogens is 1. The zero-order chi connectivity index (χ0) is 24.6. The molecule has 1 fully saturated rings. The van der Waals surface area contributed by atoms with E-state index in [1.807, 2.05) is 42.1 Å². The van der Waals surface area contributed by atoms with Gasteiger partial charge in [-0.3, -0.25) is 4.79 Å². The summed E-state index contributed by atoms with van der Waals surface area (Å²) in [4.78, 5) is 18.4. The number of methoxy groups -OCH3 is 1. The van der Waals surface area contributed by atoms with E-state index < -0.39 is 12.1 Å². The summed E-state index contributed by atoms with van der Waals surface area (Å²) in [6.07, 6.45) is 2.84. The number of carboxylic acids is 1. The highest BCUT2D eigenvalue weighted by molar-refractivity contribution is 8.01. The molecule has 0 saturated carbocycles. The molecule has 2 N–H and O–H groups in total. The van der Waals surface area contributed by atoms with Gasteiger partial charge >= 0.3 is 5.97 Å². The molecule has 0 spiro atoms. The number of para-hydroxylation sites is 1. The van der Waals surface area contributed by atoms with E-state index in [0.29, 0.717) is 30.6 Å². The fourth-order valence-corrected chi connectivity index (χ4v) is 6.92. The molecule has 35 heavy (non-hydrogen) atoms. The predicted octanol–water partition coefficient (Wildman–Crippen LogP) is 5.71. The van der Waals surface area contributed by atoms with E-state index in [9.17, 15) is 15.0 Å².